The van der Waals surface area contributed by atoms with Crippen molar-refractivity contribution in [3.63, 3.8) is 0 Å². The largest absolute Gasteiger partial charge is 0.493 e. The van der Waals surface area contributed by atoms with Gasteiger partial charge in [-0.1, -0.05) is 0 Å². The van der Waals surface area contributed by atoms with Crippen LogP contribution in [0.2, 0.25) is 0 Å². The molecule has 10 nitrogen and oxygen atoms in total. The van der Waals surface area contributed by atoms with Gasteiger partial charge in [0.25, 0.3) is 26.0 Å². The van der Waals surface area contributed by atoms with E-state index in [4.69, 9.17) is 9.47 Å². The second kappa shape index (κ2) is 11.9. The van der Waals surface area contributed by atoms with Crippen molar-refractivity contribution >= 4 is 43.0 Å². The van der Waals surface area contributed by atoms with E-state index in [-0.39, 0.29) is 26.8 Å². The molecule has 0 unspecified atom stereocenters. The third-order valence-electron chi connectivity index (χ3n) is 6.03. The number of halogens is 1. The van der Waals surface area contributed by atoms with E-state index >= 15 is 0 Å². The molecule has 0 spiro atoms. The van der Waals surface area contributed by atoms with Gasteiger partial charge in [0, 0.05) is 30.1 Å². The van der Waals surface area contributed by atoms with Crippen molar-refractivity contribution in [1.29, 1.82) is 0 Å². The van der Waals surface area contributed by atoms with Crippen molar-refractivity contribution in [2.75, 3.05) is 35.6 Å². The summed E-state index contributed by atoms with van der Waals surface area (Å²) in [7, 11) is -3.62. The number of methoxy groups -OCH3 is 2. The number of benzene rings is 4. The molecule has 2 N–H and O–H groups in total. The van der Waals surface area contributed by atoms with Crippen molar-refractivity contribution in [2.24, 2.45) is 0 Å². The minimum atomic E-state index is -3.94. The van der Waals surface area contributed by atoms with Gasteiger partial charge in [0.05, 0.1) is 29.7 Å². The minimum Gasteiger partial charge on any atom is -0.493 e. The number of hydrogen-bond donors (Lipinski definition) is 2. The Kier molecular flexibility index (Phi) is 8.49. The standard InChI is InChI=1S/C28H26FN3O7S2/c1-32(41(36,37)25-16-17-26(38-2)27(18-25)39-3)23-12-4-19(5-13-23)28(33)30-21-10-14-24(15-11-21)40(34,35)31-22-8-6-20(29)7-9-22/h4-18,31H,1-3H3,(H,30,33). The van der Waals surface area contributed by atoms with E-state index in [0.29, 0.717) is 17.1 Å². The molecule has 0 aliphatic rings. The Bertz CT molecular complexity index is 1760. The number of rotatable bonds is 10. The van der Waals surface area contributed by atoms with Crippen molar-refractivity contribution in [1.82, 2.24) is 0 Å². The van der Waals surface area contributed by atoms with Crippen LogP contribution >= 0.6 is 0 Å². The Hall–Kier alpha value is -4.62. The van der Waals surface area contributed by atoms with Crippen molar-refractivity contribution in [2.45, 2.75) is 9.79 Å². The van der Waals surface area contributed by atoms with Gasteiger partial charge >= 0.3 is 0 Å². The molecule has 4 rings (SSSR count). The molecule has 0 fully saturated rings. The summed E-state index contributed by atoms with van der Waals surface area (Å²) < 4.78 is 78.4. The van der Waals surface area contributed by atoms with Crippen LogP contribution in [0.15, 0.2) is 101 Å². The van der Waals surface area contributed by atoms with Crippen LogP contribution < -0.4 is 23.8 Å². The number of sulfonamides is 2. The predicted octanol–water partition coefficient (Wildman–Crippen LogP) is 4.72. The number of ether oxygens (including phenoxy) is 2. The van der Waals surface area contributed by atoms with Gasteiger partial charge in [0.1, 0.15) is 5.82 Å². The van der Waals surface area contributed by atoms with Crippen LogP contribution in [0.1, 0.15) is 10.4 Å². The van der Waals surface area contributed by atoms with Crippen molar-refractivity contribution in [3.8, 4) is 11.5 Å². The van der Waals surface area contributed by atoms with E-state index in [2.05, 4.69) is 10.0 Å². The topological polar surface area (TPSA) is 131 Å². The Labute approximate surface area is 237 Å². The van der Waals surface area contributed by atoms with Gasteiger partial charge in [-0.3, -0.25) is 13.8 Å². The van der Waals surface area contributed by atoms with Gasteiger partial charge in [-0.15, -0.1) is 0 Å². The van der Waals surface area contributed by atoms with Gasteiger partial charge < -0.3 is 14.8 Å². The van der Waals surface area contributed by atoms with Gasteiger partial charge in [-0.25, -0.2) is 21.2 Å². The summed E-state index contributed by atoms with van der Waals surface area (Å²) in [5.74, 6) is -0.317. The molecule has 0 aliphatic carbocycles. The lowest BCUT2D eigenvalue weighted by molar-refractivity contribution is 0.102. The van der Waals surface area contributed by atoms with Crippen LogP contribution in [0.4, 0.5) is 21.5 Å². The third-order valence-corrected chi connectivity index (χ3v) is 9.20. The highest BCUT2D eigenvalue weighted by Gasteiger charge is 2.23. The van der Waals surface area contributed by atoms with E-state index in [1.165, 1.54) is 100 Å². The Balaban J connectivity index is 1.43. The number of nitrogens with one attached hydrogen (secondary N) is 2. The summed E-state index contributed by atoms with van der Waals surface area (Å²) in [6, 6.07) is 20.6. The highest BCUT2D eigenvalue weighted by atomic mass is 32.2. The molecule has 4 aromatic rings. The normalized spacial score (nSPS) is 11.4. The number of hydrogen-bond acceptors (Lipinski definition) is 7. The number of carbonyl (C=O) groups is 1. The van der Waals surface area contributed by atoms with E-state index in [1.54, 1.807) is 0 Å². The molecule has 0 radical (unpaired) electrons. The van der Waals surface area contributed by atoms with Crippen LogP contribution in [0, 0.1) is 5.82 Å². The second-order valence-corrected chi connectivity index (χ2v) is 12.3. The smallest absolute Gasteiger partial charge is 0.264 e. The van der Waals surface area contributed by atoms with Crippen LogP contribution in [-0.2, 0) is 20.0 Å². The Morgan fingerprint density at radius 1 is 0.732 bits per heavy atom. The van der Waals surface area contributed by atoms with Crippen LogP contribution in [0.5, 0.6) is 11.5 Å². The van der Waals surface area contributed by atoms with Gasteiger partial charge in [0.2, 0.25) is 0 Å². The fourth-order valence-electron chi connectivity index (χ4n) is 3.75. The molecule has 0 saturated carbocycles. The molecule has 0 atom stereocenters. The third kappa shape index (κ3) is 6.58. The summed E-state index contributed by atoms with van der Waals surface area (Å²) in [5, 5.41) is 2.67. The van der Waals surface area contributed by atoms with E-state index < -0.39 is 31.8 Å². The fraction of sp³-hybridized carbons (Fsp3) is 0.107. The minimum absolute atomic E-state index is 0.00204. The summed E-state index contributed by atoms with van der Waals surface area (Å²) >= 11 is 0. The van der Waals surface area contributed by atoms with Crippen molar-refractivity contribution < 1.29 is 35.5 Å². The first-order valence-electron chi connectivity index (χ1n) is 12.0. The van der Waals surface area contributed by atoms with Gasteiger partial charge in [-0.05, 0) is 84.9 Å². The summed E-state index contributed by atoms with van der Waals surface area (Å²) in [5.41, 5.74) is 1.11. The lowest BCUT2D eigenvalue weighted by Gasteiger charge is -2.20. The first-order valence-corrected chi connectivity index (χ1v) is 14.9. The number of amides is 1. The van der Waals surface area contributed by atoms with E-state index in [1.807, 2.05) is 0 Å². The molecule has 41 heavy (non-hydrogen) atoms. The molecule has 0 saturated heterocycles. The first kappa shape index (κ1) is 29.4. The zero-order valence-corrected chi connectivity index (χ0v) is 23.8. The molecule has 0 bridgehead atoms. The number of nitrogens with zero attached hydrogens (tertiary/aromatic N) is 1. The molecule has 1 amide bonds. The molecule has 0 aromatic heterocycles. The molecule has 0 aliphatic heterocycles. The van der Waals surface area contributed by atoms with Crippen LogP contribution in [0.25, 0.3) is 0 Å². The maximum Gasteiger partial charge on any atom is 0.264 e. The Morgan fingerprint density at radius 2 is 1.29 bits per heavy atom. The monoisotopic (exact) mass is 599 g/mol. The molecular formula is C28H26FN3O7S2. The lowest BCUT2D eigenvalue weighted by Crippen LogP contribution is -2.26. The zero-order valence-electron chi connectivity index (χ0n) is 22.2. The van der Waals surface area contributed by atoms with E-state index in [9.17, 15) is 26.0 Å². The predicted molar refractivity (Wildman–Crippen MR) is 153 cm³/mol. The molecule has 0 heterocycles. The average molecular weight is 600 g/mol. The maximum atomic E-state index is 13.2. The highest BCUT2D eigenvalue weighted by molar-refractivity contribution is 7.93. The average Bonchev–Trinajstić information content (AvgIpc) is 2.97. The SMILES string of the molecule is COc1ccc(S(=O)(=O)N(C)c2ccc(C(=O)Nc3ccc(S(=O)(=O)Nc4ccc(F)cc4)cc3)cc2)cc1OC. The quantitative estimate of drug-likeness (QED) is 0.270. The fourth-order valence-corrected chi connectivity index (χ4v) is 6.02. The summed E-state index contributed by atoms with van der Waals surface area (Å²) in [6.45, 7) is 0. The van der Waals surface area contributed by atoms with E-state index in [0.717, 1.165) is 16.4 Å². The summed E-state index contributed by atoms with van der Waals surface area (Å²) in [4.78, 5) is 12.7. The number of carbonyl (C=O) groups excluding carboxylic acids is 1. The molecular weight excluding hydrogens is 573 g/mol. The second-order valence-electron chi connectivity index (χ2n) is 8.63. The Morgan fingerprint density at radius 3 is 1.88 bits per heavy atom. The van der Waals surface area contributed by atoms with Crippen LogP contribution in [0.3, 0.4) is 0 Å². The van der Waals surface area contributed by atoms with Crippen LogP contribution in [-0.4, -0.2) is 44.0 Å². The van der Waals surface area contributed by atoms with Gasteiger partial charge in [-0.2, -0.15) is 0 Å². The molecule has 214 valence electrons. The number of anilines is 3. The molecule has 4 aromatic carbocycles. The molecule has 13 heteroatoms. The van der Waals surface area contributed by atoms with Crippen molar-refractivity contribution in [3.05, 3.63) is 102 Å². The summed E-state index contributed by atoms with van der Waals surface area (Å²) in [6.07, 6.45) is 0. The van der Waals surface area contributed by atoms with Gasteiger partial charge in [0.15, 0.2) is 11.5 Å². The highest BCUT2D eigenvalue weighted by Crippen LogP contribution is 2.31. The first-order chi connectivity index (χ1) is 19.4. The maximum absolute atomic E-state index is 13.2. The lowest BCUT2D eigenvalue weighted by atomic mass is 10.2. The zero-order chi connectivity index (χ0) is 29.8.